The molecule has 1 fully saturated rings. The van der Waals surface area contributed by atoms with E-state index in [0.717, 1.165) is 24.1 Å². The van der Waals surface area contributed by atoms with Gasteiger partial charge in [0, 0.05) is 24.3 Å². The van der Waals surface area contributed by atoms with Gasteiger partial charge in [0.05, 0.1) is 24.9 Å². The van der Waals surface area contributed by atoms with Crippen molar-refractivity contribution in [2.75, 3.05) is 13.1 Å². The van der Waals surface area contributed by atoms with Crippen LogP contribution < -0.4 is 5.32 Å². The largest absolute Gasteiger partial charge is 0.326 e. The fourth-order valence-corrected chi connectivity index (χ4v) is 3.13. The molecule has 1 unspecified atom stereocenters. The molecule has 1 saturated heterocycles. The lowest BCUT2D eigenvalue weighted by Gasteiger charge is -2.21. The Hall–Kier alpha value is -2.65. The van der Waals surface area contributed by atoms with Crippen LogP contribution in [0, 0.1) is 11.3 Å². The number of hydrogen-bond acceptors (Lipinski definition) is 4. The first-order chi connectivity index (χ1) is 12.2. The first-order valence-electron chi connectivity index (χ1n) is 8.68. The van der Waals surface area contributed by atoms with Crippen LogP contribution >= 0.6 is 0 Å². The van der Waals surface area contributed by atoms with Gasteiger partial charge in [-0.25, -0.2) is 0 Å². The fourth-order valence-electron chi connectivity index (χ4n) is 3.13. The topological polar surface area (TPSA) is 74.0 Å². The van der Waals surface area contributed by atoms with Crippen LogP contribution in [-0.2, 0) is 11.3 Å². The summed E-state index contributed by atoms with van der Waals surface area (Å²) in [6.45, 7) is 3.66. The second-order valence-electron chi connectivity index (χ2n) is 6.45. The van der Waals surface area contributed by atoms with Crippen LogP contribution in [-0.4, -0.2) is 45.8 Å². The van der Waals surface area contributed by atoms with Crippen LogP contribution in [0.3, 0.4) is 0 Å². The van der Waals surface area contributed by atoms with Crippen LogP contribution in [0.1, 0.15) is 19.8 Å². The van der Waals surface area contributed by atoms with E-state index in [1.54, 1.807) is 4.90 Å². The highest BCUT2D eigenvalue weighted by molar-refractivity contribution is 5.79. The smallest absolute Gasteiger partial charge is 0.237 e. The van der Waals surface area contributed by atoms with E-state index in [-0.39, 0.29) is 24.5 Å². The van der Waals surface area contributed by atoms with Crippen molar-refractivity contribution in [1.29, 1.82) is 5.26 Å². The summed E-state index contributed by atoms with van der Waals surface area (Å²) >= 11 is 0. The zero-order chi connectivity index (χ0) is 17.6. The summed E-state index contributed by atoms with van der Waals surface area (Å²) in [5, 5.41) is 16.9. The van der Waals surface area contributed by atoms with Gasteiger partial charge in [-0.05, 0) is 25.8 Å². The number of carbonyl (C=O) groups excluding carboxylic acids is 1. The monoisotopic (exact) mass is 337 g/mol. The predicted molar refractivity (Wildman–Crippen MR) is 95.5 cm³/mol. The summed E-state index contributed by atoms with van der Waals surface area (Å²) in [4.78, 5) is 13.9. The molecule has 1 amide bonds. The minimum Gasteiger partial charge on any atom is -0.326 e. The van der Waals surface area contributed by atoms with Crippen LogP contribution in [0.2, 0.25) is 0 Å². The molecule has 0 saturated carbocycles. The van der Waals surface area contributed by atoms with Crippen molar-refractivity contribution >= 4 is 5.91 Å². The summed E-state index contributed by atoms with van der Waals surface area (Å²) in [6.07, 6.45) is 3.65. The lowest BCUT2D eigenvalue weighted by Crippen LogP contribution is -2.43. The lowest BCUT2D eigenvalue weighted by molar-refractivity contribution is -0.130. The molecule has 0 radical (unpaired) electrons. The van der Waals surface area contributed by atoms with E-state index in [0.29, 0.717) is 13.1 Å². The number of amides is 1. The SMILES string of the molecule is CC(Cn1ccc(-c2ccccc2)n1)NCC(=O)N1CCC[C@H]1C#N. The third-order valence-electron chi connectivity index (χ3n) is 4.50. The Kier molecular flexibility index (Phi) is 5.46. The Bertz CT molecular complexity index is 749. The quantitative estimate of drug-likeness (QED) is 0.875. The van der Waals surface area contributed by atoms with Gasteiger partial charge in [0.15, 0.2) is 0 Å². The number of aromatic nitrogens is 2. The molecule has 25 heavy (non-hydrogen) atoms. The van der Waals surface area contributed by atoms with Crippen LogP contribution in [0.25, 0.3) is 11.3 Å². The second-order valence-corrected chi connectivity index (χ2v) is 6.45. The van der Waals surface area contributed by atoms with Gasteiger partial charge in [0.2, 0.25) is 5.91 Å². The molecule has 1 N–H and O–H groups in total. The number of hydrogen-bond donors (Lipinski definition) is 1. The Balaban J connectivity index is 1.50. The van der Waals surface area contributed by atoms with Gasteiger partial charge in [-0.15, -0.1) is 0 Å². The molecule has 3 rings (SSSR count). The molecule has 2 aromatic rings. The minimum absolute atomic E-state index is 0.00124. The Morgan fingerprint density at radius 3 is 2.96 bits per heavy atom. The molecule has 1 aliphatic rings. The average Bonchev–Trinajstić information content (AvgIpc) is 3.29. The Labute approximate surface area is 148 Å². The number of nitrogens with one attached hydrogen (secondary N) is 1. The number of nitrogens with zero attached hydrogens (tertiary/aromatic N) is 4. The molecule has 6 heteroatoms. The summed E-state index contributed by atoms with van der Waals surface area (Å²) in [7, 11) is 0. The van der Waals surface area contributed by atoms with Crippen molar-refractivity contribution in [1.82, 2.24) is 20.0 Å². The molecule has 2 heterocycles. The molecule has 0 bridgehead atoms. The van der Waals surface area contributed by atoms with E-state index >= 15 is 0 Å². The zero-order valence-corrected chi connectivity index (χ0v) is 14.4. The molecular formula is C19H23N5O. The first-order valence-corrected chi connectivity index (χ1v) is 8.68. The summed E-state index contributed by atoms with van der Waals surface area (Å²) in [5.41, 5.74) is 2.03. The zero-order valence-electron chi connectivity index (χ0n) is 14.4. The van der Waals surface area contributed by atoms with Crippen LogP contribution in [0.15, 0.2) is 42.6 Å². The van der Waals surface area contributed by atoms with Crippen molar-refractivity contribution in [2.45, 2.75) is 38.4 Å². The van der Waals surface area contributed by atoms with E-state index in [1.165, 1.54) is 0 Å². The summed E-state index contributed by atoms with van der Waals surface area (Å²) < 4.78 is 1.89. The van der Waals surface area contributed by atoms with Gasteiger partial charge in [0.25, 0.3) is 0 Å². The highest BCUT2D eigenvalue weighted by Crippen LogP contribution is 2.17. The number of likely N-dealkylation sites (tertiary alicyclic amines) is 1. The van der Waals surface area contributed by atoms with Gasteiger partial charge < -0.3 is 10.2 Å². The maximum Gasteiger partial charge on any atom is 0.237 e. The molecule has 2 atom stereocenters. The molecule has 1 aromatic carbocycles. The Morgan fingerprint density at radius 2 is 2.20 bits per heavy atom. The van der Waals surface area contributed by atoms with Gasteiger partial charge in [-0.1, -0.05) is 30.3 Å². The van der Waals surface area contributed by atoms with Crippen molar-refractivity contribution in [2.24, 2.45) is 0 Å². The molecule has 1 aliphatic heterocycles. The van der Waals surface area contributed by atoms with Crippen LogP contribution in [0.4, 0.5) is 0 Å². The van der Waals surface area contributed by atoms with Gasteiger partial charge in [-0.2, -0.15) is 10.4 Å². The van der Waals surface area contributed by atoms with Crippen molar-refractivity contribution < 1.29 is 4.79 Å². The normalized spacial score (nSPS) is 18.1. The van der Waals surface area contributed by atoms with E-state index in [9.17, 15) is 4.79 Å². The maximum atomic E-state index is 12.3. The highest BCUT2D eigenvalue weighted by atomic mass is 16.2. The van der Waals surface area contributed by atoms with Crippen molar-refractivity contribution in [3.05, 3.63) is 42.6 Å². The first kappa shape index (κ1) is 17.2. The third-order valence-corrected chi connectivity index (χ3v) is 4.50. The molecule has 1 aromatic heterocycles. The molecule has 0 aliphatic carbocycles. The van der Waals surface area contributed by atoms with E-state index in [4.69, 9.17) is 5.26 Å². The maximum absolute atomic E-state index is 12.3. The van der Waals surface area contributed by atoms with Crippen LogP contribution in [0.5, 0.6) is 0 Å². The molecule has 130 valence electrons. The molecule has 0 spiro atoms. The third kappa shape index (κ3) is 4.25. The highest BCUT2D eigenvalue weighted by Gasteiger charge is 2.28. The average molecular weight is 337 g/mol. The fraction of sp³-hybridized carbons (Fsp3) is 0.421. The van der Waals surface area contributed by atoms with Crippen molar-refractivity contribution in [3.8, 4) is 17.3 Å². The van der Waals surface area contributed by atoms with Gasteiger partial charge >= 0.3 is 0 Å². The van der Waals surface area contributed by atoms with Gasteiger partial charge in [0.1, 0.15) is 6.04 Å². The van der Waals surface area contributed by atoms with E-state index in [1.807, 2.05) is 54.2 Å². The van der Waals surface area contributed by atoms with Crippen molar-refractivity contribution in [3.63, 3.8) is 0 Å². The minimum atomic E-state index is -0.260. The number of benzene rings is 1. The Morgan fingerprint density at radius 1 is 1.40 bits per heavy atom. The van der Waals surface area contributed by atoms with Gasteiger partial charge in [-0.3, -0.25) is 9.48 Å². The molecular weight excluding hydrogens is 314 g/mol. The standard InChI is InChI=1S/C19H23N5O/c1-15(21-13-19(25)24-10-5-8-17(24)12-20)14-23-11-9-18(22-23)16-6-3-2-4-7-16/h2-4,6-7,9,11,15,17,21H,5,8,10,13-14H2,1H3/t15?,17-/m0/s1. The van der Waals surface area contributed by atoms with E-state index in [2.05, 4.69) is 16.5 Å². The number of carbonyl (C=O) groups is 1. The molecule has 6 nitrogen and oxygen atoms in total. The number of rotatable bonds is 6. The summed E-state index contributed by atoms with van der Waals surface area (Å²) in [6, 6.07) is 14.1. The predicted octanol–water partition coefficient (Wildman–Crippen LogP) is 2.04. The second kappa shape index (κ2) is 7.95. The van der Waals surface area contributed by atoms with E-state index < -0.39 is 0 Å². The lowest BCUT2D eigenvalue weighted by atomic mass is 10.2. The number of nitriles is 1. The summed E-state index contributed by atoms with van der Waals surface area (Å²) in [5.74, 6) is 0.00124.